The summed E-state index contributed by atoms with van der Waals surface area (Å²) in [5, 5.41) is 8.87. The lowest BCUT2D eigenvalue weighted by Gasteiger charge is -2.16. The van der Waals surface area contributed by atoms with Gasteiger partial charge in [0.25, 0.3) is 0 Å². The molecule has 0 aliphatic heterocycles. The third-order valence-corrected chi connectivity index (χ3v) is 4.98. The van der Waals surface area contributed by atoms with E-state index < -0.39 is 0 Å². The van der Waals surface area contributed by atoms with Crippen LogP contribution in [-0.4, -0.2) is 41.1 Å². The average Bonchev–Trinajstić information content (AvgIpc) is 3.36. The summed E-state index contributed by atoms with van der Waals surface area (Å²) >= 11 is 1.56. The summed E-state index contributed by atoms with van der Waals surface area (Å²) < 4.78 is 5.21. The molecule has 1 amide bonds. The molecule has 2 aromatic heterocycles. The molecule has 0 fully saturated rings. The van der Waals surface area contributed by atoms with Crippen molar-refractivity contribution in [2.75, 3.05) is 20.1 Å². The lowest BCUT2D eigenvalue weighted by molar-refractivity contribution is -0.121. The van der Waals surface area contributed by atoms with Crippen LogP contribution in [0.4, 0.5) is 0 Å². The second-order valence-corrected chi connectivity index (χ2v) is 7.36. The standard InChI is InChI=1S/C20H24N4O2S/c1-24(15-16-7-3-2-4-8-16)13-6-12-21-18(25)10-11-19-22-20(23-26-19)17-9-5-14-27-17/h2-5,7-9,14H,6,10-13,15H2,1H3,(H,21,25). The van der Waals surface area contributed by atoms with Gasteiger partial charge in [0.1, 0.15) is 0 Å². The molecule has 27 heavy (non-hydrogen) atoms. The quantitative estimate of drug-likeness (QED) is 0.543. The fraction of sp³-hybridized carbons (Fsp3) is 0.350. The molecule has 3 aromatic rings. The predicted molar refractivity (Wildman–Crippen MR) is 106 cm³/mol. The summed E-state index contributed by atoms with van der Waals surface area (Å²) in [6.07, 6.45) is 1.72. The molecule has 1 aromatic carbocycles. The van der Waals surface area contributed by atoms with Gasteiger partial charge < -0.3 is 14.7 Å². The van der Waals surface area contributed by atoms with E-state index in [4.69, 9.17) is 4.52 Å². The zero-order valence-corrected chi connectivity index (χ0v) is 16.2. The van der Waals surface area contributed by atoms with Gasteiger partial charge in [0.05, 0.1) is 4.88 Å². The third kappa shape index (κ3) is 6.30. The van der Waals surface area contributed by atoms with E-state index in [1.54, 1.807) is 11.3 Å². The first kappa shape index (κ1) is 19.3. The molecule has 142 valence electrons. The molecule has 3 rings (SSSR count). The molecule has 0 saturated heterocycles. The Balaban J connectivity index is 1.30. The zero-order valence-electron chi connectivity index (χ0n) is 15.4. The average molecular weight is 385 g/mol. The fourth-order valence-electron chi connectivity index (χ4n) is 2.72. The first-order valence-corrected chi connectivity index (χ1v) is 9.94. The molecular weight excluding hydrogens is 360 g/mol. The Bertz CT molecular complexity index is 818. The SMILES string of the molecule is CN(CCCNC(=O)CCc1nc(-c2cccs2)no1)Cc1ccccc1. The fourth-order valence-corrected chi connectivity index (χ4v) is 3.37. The van der Waals surface area contributed by atoms with Crippen LogP contribution in [0.2, 0.25) is 0 Å². The molecular formula is C20H24N4O2S. The van der Waals surface area contributed by atoms with Crippen molar-refractivity contribution in [1.29, 1.82) is 0 Å². The number of nitrogens with one attached hydrogen (secondary N) is 1. The topological polar surface area (TPSA) is 71.3 Å². The van der Waals surface area contributed by atoms with Crippen molar-refractivity contribution in [3.05, 3.63) is 59.3 Å². The van der Waals surface area contributed by atoms with Crippen molar-refractivity contribution >= 4 is 17.2 Å². The smallest absolute Gasteiger partial charge is 0.227 e. The van der Waals surface area contributed by atoms with E-state index in [-0.39, 0.29) is 5.91 Å². The van der Waals surface area contributed by atoms with E-state index in [9.17, 15) is 4.79 Å². The van der Waals surface area contributed by atoms with Crippen molar-refractivity contribution in [3.63, 3.8) is 0 Å². The van der Waals surface area contributed by atoms with Gasteiger partial charge in [-0.05, 0) is 37.0 Å². The first-order valence-electron chi connectivity index (χ1n) is 9.06. The van der Waals surface area contributed by atoms with Gasteiger partial charge in [-0.25, -0.2) is 0 Å². The molecule has 6 nitrogen and oxygen atoms in total. The minimum absolute atomic E-state index is 0.0107. The number of thiophene rings is 1. The maximum absolute atomic E-state index is 12.0. The molecule has 0 saturated carbocycles. The van der Waals surface area contributed by atoms with E-state index >= 15 is 0 Å². The van der Waals surface area contributed by atoms with Crippen molar-refractivity contribution in [2.45, 2.75) is 25.8 Å². The molecule has 2 heterocycles. The van der Waals surface area contributed by atoms with Crippen LogP contribution in [-0.2, 0) is 17.8 Å². The molecule has 0 spiro atoms. The third-order valence-electron chi connectivity index (χ3n) is 4.11. The van der Waals surface area contributed by atoms with Gasteiger partial charge in [0.2, 0.25) is 17.6 Å². The van der Waals surface area contributed by atoms with E-state index in [2.05, 4.69) is 51.7 Å². The minimum Gasteiger partial charge on any atom is -0.356 e. The number of hydrogen-bond donors (Lipinski definition) is 1. The normalized spacial score (nSPS) is 11.0. The van der Waals surface area contributed by atoms with Crippen molar-refractivity contribution in [3.8, 4) is 10.7 Å². The molecule has 0 bridgehead atoms. The molecule has 0 unspecified atom stereocenters. The van der Waals surface area contributed by atoms with E-state index in [1.807, 2.05) is 23.6 Å². The van der Waals surface area contributed by atoms with Crippen LogP contribution in [0.5, 0.6) is 0 Å². The van der Waals surface area contributed by atoms with Crippen molar-refractivity contribution < 1.29 is 9.32 Å². The number of amides is 1. The number of hydrogen-bond acceptors (Lipinski definition) is 6. The molecule has 0 radical (unpaired) electrons. The summed E-state index contributed by atoms with van der Waals surface area (Å²) in [6.45, 7) is 2.52. The Kier molecular flexibility index (Phi) is 7.12. The Morgan fingerprint density at radius 2 is 2.07 bits per heavy atom. The lowest BCUT2D eigenvalue weighted by atomic mass is 10.2. The van der Waals surface area contributed by atoms with Gasteiger partial charge in [-0.15, -0.1) is 11.3 Å². The monoisotopic (exact) mass is 384 g/mol. The van der Waals surface area contributed by atoms with Gasteiger partial charge in [-0.2, -0.15) is 4.98 Å². The van der Waals surface area contributed by atoms with Crippen molar-refractivity contribution in [2.24, 2.45) is 0 Å². The summed E-state index contributed by atoms with van der Waals surface area (Å²) in [5.74, 6) is 1.09. The largest absolute Gasteiger partial charge is 0.356 e. The van der Waals surface area contributed by atoms with Crippen molar-refractivity contribution in [1.82, 2.24) is 20.4 Å². The number of rotatable bonds is 10. The maximum Gasteiger partial charge on any atom is 0.227 e. The molecule has 0 aliphatic rings. The lowest BCUT2D eigenvalue weighted by Crippen LogP contribution is -2.28. The van der Waals surface area contributed by atoms with E-state index in [0.717, 1.165) is 24.4 Å². The van der Waals surface area contributed by atoms with E-state index in [0.29, 0.717) is 31.1 Å². The second kappa shape index (κ2) is 9.99. The number of benzene rings is 1. The molecule has 7 heteroatoms. The van der Waals surface area contributed by atoms with Crippen LogP contribution in [0, 0.1) is 0 Å². The maximum atomic E-state index is 12.0. The predicted octanol–water partition coefficient (Wildman–Crippen LogP) is 3.37. The Morgan fingerprint density at radius 3 is 2.85 bits per heavy atom. The zero-order chi connectivity index (χ0) is 18.9. The summed E-state index contributed by atoms with van der Waals surface area (Å²) in [5.41, 5.74) is 1.30. The van der Waals surface area contributed by atoms with Crippen LogP contribution in [0.1, 0.15) is 24.3 Å². The molecule has 0 aliphatic carbocycles. The number of aryl methyl sites for hydroxylation is 1. The van der Waals surface area contributed by atoms with E-state index in [1.165, 1.54) is 5.56 Å². The van der Waals surface area contributed by atoms with Gasteiger partial charge in [-0.1, -0.05) is 41.6 Å². The van der Waals surface area contributed by atoms with Crippen LogP contribution in [0.15, 0.2) is 52.4 Å². The molecule has 1 N–H and O–H groups in total. The summed E-state index contributed by atoms with van der Waals surface area (Å²) in [6, 6.07) is 14.3. The molecule has 0 atom stereocenters. The number of nitrogens with zero attached hydrogens (tertiary/aromatic N) is 3. The van der Waals surface area contributed by atoms with Gasteiger partial charge >= 0.3 is 0 Å². The Labute approximate surface area is 163 Å². The van der Waals surface area contributed by atoms with Crippen LogP contribution >= 0.6 is 11.3 Å². The minimum atomic E-state index is 0.0107. The Hall–Kier alpha value is -2.51. The van der Waals surface area contributed by atoms with Gasteiger partial charge in [0, 0.05) is 25.9 Å². The Morgan fingerprint density at radius 1 is 1.22 bits per heavy atom. The van der Waals surface area contributed by atoms with Crippen LogP contribution in [0.3, 0.4) is 0 Å². The van der Waals surface area contributed by atoms with Gasteiger partial charge in [-0.3, -0.25) is 4.79 Å². The van der Waals surface area contributed by atoms with Crippen LogP contribution < -0.4 is 5.32 Å². The number of carbonyl (C=O) groups excluding carboxylic acids is 1. The van der Waals surface area contributed by atoms with Gasteiger partial charge in [0.15, 0.2) is 0 Å². The highest BCUT2D eigenvalue weighted by atomic mass is 32.1. The number of aromatic nitrogens is 2. The highest BCUT2D eigenvalue weighted by Gasteiger charge is 2.11. The number of carbonyl (C=O) groups is 1. The second-order valence-electron chi connectivity index (χ2n) is 6.42. The highest BCUT2D eigenvalue weighted by molar-refractivity contribution is 7.13. The van der Waals surface area contributed by atoms with Crippen LogP contribution in [0.25, 0.3) is 10.7 Å². The summed E-state index contributed by atoms with van der Waals surface area (Å²) in [4.78, 5) is 19.5. The first-order chi connectivity index (χ1) is 13.2. The highest BCUT2D eigenvalue weighted by Crippen LogP contribution is 2.21. The summed E-state index contributed by atoms with van der Waals surface area (Å²) in [7, 11) is 2.09.